The van der Waals surface area contributed by atoms with Crippen LogP contribution in [0.25, 0.3) is 11.1 Å². The van der Waals surface area contributed by atoms with Gasteiger partial charge in [-0.25, -0.2) is 4.39 Å². The number of fused-ring (bicyclic) bond motifs is 1. The van der Waals surface area contributed by atoms with Gasteiger partial charge in [0.15, 0.2) is 0 Å². The summed E-state index contributed by atoms with van der Waals surface area (Å²) in [6, 6.07) is 8.88. The first-order valence-electron chi connectivity index (χ1n) is 5.66. The van der Waals surface area contributed by atoms with Gasteiger partial charge in [-0.2, -0.15) is 0 Å². The van der Waals surface area contributed by atoms with E-state index in [0.29, 0.717) is 6.61 Å². The van der Waals surface area contributed by atoms with E-state index in [9.17, 15) is 4.39 Å². The summed E-state index contributed by atoms with van der Waals surface area (Å²) in [7, 11) is 0. The van der Waals surface area contributed by atoms with Crippen molar-refractivity contribution in [3.8, 4) is 16.9 Å². The first-order chi connectivity index (χ1) is 8.65. The second-order valence-electron chi connectivity index (χ2n) is 4.27. The molecule has 4 heteroatoms. The Hall–Kier alpha value is -1.74. The molecular weight excluding hydrogens is 253 g/mol. The fourth-order valence-corrected chi connectivity index (χ4v) is 2.32. The molecule has 0 bridgehead atoms. The number of nitrogen functional groups attached to an aromatic ring is 1. The van der Waals surface area contributed by atoms with Crippen LogP contribution in [0.15, 0.2) is 30.3 Å². The zero-order valence-corrected chi connectivity index (χ0v) is 10.3. The Morgan fingerprint density at radius 1 is 1.17 bits per heavy atom. The molecule has 0 amide bonds. The lowest BCUT2D eigenvalue weighted by Crippen LogP contribution is -1.93. The summed E-state index contributed by atoms with van der Waals surface area (Å²) in [5.41, 5.74) is 8.26. The minimum atomic E-state index is -0.491. The van der Waals surface area contributed by atoms with Gasteiger partial charge >= 0.3 is 0 Å². The summed E-state index contributed by atoms with van der Waals surface area (Å²) >= 11 is 5.90. The van der Waals surface area contributed by atoms with Gasteiger partial charge in [0.25, 0.3) is 0 Å². The lowest BCUT2D eigenvalue weighted by atomic mass is 10.0. The van der Waals surface area contributed by atoms with Gasteiger partial charge in [-0.3, -0.25) is 0 Å². The van der Waals surface area contributed by atoms with Crippen LogP contribution in [0.1, 0.15) is 5.56 Å². The Kier molecular flexibility index (Phi) is 2.63. The summed E-state index contributed by atoms with van der Waals surface area (Å²) in [6.45, 7) is 0.704. The Balaban J connectivity index is 2.10. The van der Waals surface area contributed by atoms with Crippen molar-refractivity contribution in [2.24, 2.45) is 0 Å². The average Bonchev–Trinajstić information content (AvgIpc) is 2.82. The molecule has 0 saturated heterocycles. The summed E-state index contributed by atoms with van der Waals surface area (Å²) in [5, 5.41) is 0.238. The van der Waals surface area contributed by atoms with Crippen LogP contribution in [0.5, 0.6) is 5.75 Å². The van der Waals surface area contributed by atoms with Crippen LogP contribution in [-0.2, 0) is 6.42 Å². The second-order valence-corrected chi connectivity index (χ2v) is 4.68. The highest BCUT2D eigenvalue weighted by Gasteiger charge is 2.14. The van der Waals surface area contributed by atoms with Crippen LogP contribution in [0, 0.1) is 5.82 Å². The average molecular weight is 264 g/mol. The van der Waals surface area contributed by atoms with Gasteiger partial charge in [0.05, 0.1) is 17.3 Å². The van der Waals surface area contributed by atoms with Gasteiger partial charge in [0.2, 0.25) is 0 Å². The maximum atomic E-state index is 13.6. The molecule has 92 valence electrons. The molecular formula is C14H11ClFNO. The highest BCUT2D eigenvalue weighted by molar-refractivity contribution is 6.33. The number of benzene rings is 2. The van der Waals surface area contributed by atoms with E-state index in [2.05, 4.69) is 0 Å². The molecule has 0 spiro atoms. The maximum absolute atomic E-state index is 13.6. The number of rotatable bonds is 1. The van der Waals surface area contributed by atoms with Gasteiger partial charge < -0.3 is 10.5 Å². The van der Waals surface area contributed by atoms with Crippen LogP contribution in [0.4, 0.5) is 10.1 Å². The third kappa shape index (κ3) is 1.81. The SMILES string of the molecule is Nc1c(F)cc(-c2ccc3c(c2)CCO3)cc1Cl. The van der Waals surface area contributed by atoms with Gasteiger partial charge in [-0.15, -0.1) is 0 Å². The molecule has 2 nitrogen and oxygen atoms in total. The van der Waals surface area contributed by atoms with E-state index in [0.717, 1.165) is 28.9 Å². The standard InChI is InChI=1S/C14H11ClFNO/c15-11-6-10(7-12(16)14(11)17)8-1-2-13-9(5-8)3-4-18-13/h1-2,5-7H,3-4,17H2. The van der Waals surface area contributed by atoms with E-state index in [1.807, 2.05) is 18.2 Å². The third-order valence-corrected chi connectivity index (χ3v) is 3.41. The summed E-state index contributed by atoms with van der Waals surface area (Å²) in [6.07, 6.45) is 0.883. The first-order valence-corrected chi connectivity index (χ1v) is 6.03. The van der Waals surface area contributed by atoms with Crippen LogP contribution in [0.2, 0.25) is 5.02 Å². The third-order valence-electron chi connectivity index (χ3n) is 3.10. The molecule has 0 radical (unpaired) electrons. The smallest absolute Gasteiger partial charge is 0.148 e. The fraction of sp³-hybridized carbons (Fsp3) is 0.143. The number of nitrogens with two attached hydrogens (primary N) is 1. The fourth-order valence-electron chi connectivity index (χ4n) is 2.12. The summed E-state index contributed by atoms with van der Waals surface area (Å²) < 4.78 is 19.0. The van der Waals surface area contributed by atoms with Crippen molar-refractivity contribution in [1.29, 1.82) is 0 Å². The van der Waals surface area contributed by atoms with Crippen LogP contribution in [-0.4, -0.2) is 6.61 Å². The maximum Gasteiger partial charge on any atom is 0.148 e. The molecule has 0 atom stereocenters. The number of halogens is 2. The molecule has 0 fully saturated rings. The van der Waals surface area contributed by atoms with Gasteiger partial charge in [-0.05, 0) is 41.0 Å². The van der Waals surface area contributed by atoms with Crippen molar-refractivity contribution in [3.63, 3.8) is 0 Å². The van der Waals surface area contributed by atoms with E-state index in [-0.39, 0.29) is 10.7 Å². The molecule has 1 aliphatic rings. The molecule has 2 N–H and O–H groups in total. The van der Waals surface area contributed by atoms with E-state index in [4.69, 9.17) is 22.1 Å². The molecule has 3 rings (SSSR count). The van der Waals surface area contributed by atoms with E-state index in [1.165, 1.54) is 6.07 Å². The summed E-state index contributed by atoms with van der Waals surface area (Å²) in [4.78, 5) is 0. The van der Waals surface area contributed by atoms with E-state index in [1.54, 1.807) is 6.07 Å². The highest BCUT2D eigenvalue weighted by atomic mass is 35.5. The van der Waals surface area contributed by atoms with Crippen molar-refractivity contribution in [3.05, 3.63) is 46.7 Å². The topological polar surface area (TPSA) is 35.2 Å². The van der Waals surface area contributed by atoms with Gasteiger partial charge in [-0.1, -0.05) is 17.7 Å². The minimum Gasteiger partial charge on any atom is -0.493 e. The normalized spacial score (nSPS) is 13.2. The Bertz CT molecular complexity index is 604. The van der Waals surface area contributed by atoms with Crippen LogP contribution < -0.4 is 10.5 Å². The van der Waals surface area contributed by atoms with E-state index < -0.39 is 5.82 Å². The van der Waals surface area contributed by atoms with Crippen molar-refractivity contribution >= 4 is 17.3 Å². The molecule has 2 aromatic rings. The predicted molar refractivity (Wildman–Crippen MR) is 70.5 cm³/mol. The predicted octanol–water partition coefficient (Wildman–Crippen LogP) is 3.66. The zero-order chi connectivity index (χ0) is 12.7. The number of ether oxygens (including phenoxy) is 1. The quantitative estimate of drug-likeness (QED) is 0.797. The number of hydrogen-bond acceptors (Lipinski definition) is 2. The molecule has 18 heavy (non-hydrogen) atoms. The van der Waals surface area contributed by atoms with Crippen LogP contribution >= 0.6 is 11.6 Å². The van der Waals surface area contributed by atoms with Gasteiger partial charge in [0, 0.05) is 6.42 Å². The Morgan fingerprint density at radius 3 is 2.78 bits per heavy atom. The molecule has 0 saturated carbocycles. The van der Waals surface area contributed by atoms with Crippen molar-refractivity contribution in [1.82, 2.24) is 0 Å². The molecule has 1 heterocycles. The monoisotopic (exact) mass is 263 g/mol. The molecule has 0 aliphatic carbocycles. The van der Waals surface area contributed by atoms with E-state index >= 15 is 0 Å². The van der Waals surface area contributed by atoms with Crippen LogP contribution in [0.3, 0.4) is 0 Å². The Morgan fingerprint density at radius 2 is 2.00 bits per heavy atom. The Labute approximate surface area is 109 Å². The number of hydrogen-bond donors (Lipinski definition) is 1. The molecule has 2 aromatic carbocycles. The first kappa shape index (κ1) is 11.4. The van der Waals surface area contributed by atoms with Crippen molar-refractivity contribution < 1.29 is 9.13 Å². The highest BCUT2D eigenvalue weighted by Crippen LogP contribution is 2.33. The molecule has 1 aliphatic heterocycles. The molecule has 0 unspecified atom stereocenters. The number of anilines is 1. The minimum absolute atomic E-state index is 0.00934. The second kappa shape index (κ2) is 4.18. The molecule has 0 aromatic heterocycles. The lowest BCUT2D eigenvalue weighted by Gasteiger charge is -2.07. The van der Waals surface area contributed by atoms with Crippen molar-refractivity contribution in [2.75, 3.05) is 12.3 Å². The zero-order valence-electron chi connectivity index (χ0n) is 9.54. The lowest BCUT2D eigenvalue weighted by molar-refractivity contribution is 0.357. The largest absolute Gasteiger partial charge is 0.493 e. The van der Waals surface area contributed by atoms with Gasteiger partial charge in [0.1, 0.15) is 11.6 Å². The van der Waals surface area contributed by atoms with Crippen molar-refractivity contribution in [2.45, 2.75) is 6.42 Å². The summed E-state index contributed by atoms with van der Waals surface area (Å²) in [5.74, 6) is 0.412.